The number of hydrogen-bond acceptors (Lipinski definition) is 2. The molecule has 13 aromatic rings. The van der Waals surface area contributed by atoms with Crippen LogP contribution in [0.1, 0.15) is 20.6 Å². The normalized spacial score (nSPS) is 14.7. The van der Waals surface area contributed by atoms with Gasteiger partial charge in [-0.1, -0.05) is 200 Å². The van der Waals surface area contributed by atoms with Crippen LogP contribution in [0, 0.1) is 0 Å². The molecule has 0 fully saturated rings. The van der Waals surface area contributed by atoms with E-state index >= 15 is 0 Å². The summed E-state index contributed by atoms with van der Waals surface area (Å²) in [7, 11) is 0. The summed E-state index contributed by atoms with van der Waals surface area (Å²) in [5.74, 6) is 0. The van der Waals surface area contributed by atoms with Crippen LogP contribution < -0.4 is 4.90 Å². The second kappa shape index (κ2) is 16.0. The zero-order chi connectivity index (χ0) is 57.3. The van der Waals surface area contributed by atoms with Crippen LogP contribution in [-0.2, 0) is 0 Å². The smallest absolute Gasteiger partial charge is 0.143 e. The summed E-state index contributed by atoms with van der Waals surface area (Å²) in [6.45, 7) is 0. The summed E-state index contributed by atoms with van der Waals surface area (Å²) < 4.78 is 145. The van der Waals surface area contributed by atoms with Crippen LogP contribution in [0.2, 0.25) is 0 Å². The first kappa shape index (κ1) is 26.1. The average molecular weight is 870 g/mol. The summed E-state index contributed by atoms with van der Waals surface area (Å²) in [4.78, 5) is 1.63. The lowest BCUT2D eigenvalue weighted by Gasteiger charge is -2.26. The molecule has 0 aliphatic rings. The van der Waals surface area contributed by atoms with Crippen LogP contribution in [0.4, 0.5) is 17.1 Å². The van der Waals surface area contributed by atoms with Crippen molar-refractivity contribution in [2.24, 2.45) is 0 Å². The summed E-state index contributed by atoms with van der Waals surface area (Å²) in [5, 5.41) is 3.62. The largest absolute Gasteiger partial charge is 0.455 e. The van der Waals surface area contributed by atoms with Gasteiger partial charge in [-0.15, -0.1) is 0 Å². The van der Waals surface area contributed by atoms with Gasteiger partial charge in [0.1, 0.15) is 11.2 Å². The van der Waals surface area contributed by atoms with Crippen molar-refractivity contribution in [1.29, 1.82) is 0 Å². The first-order chi connectivity index (χ1) is 39.5. The molecule has 3 heteroatoms. The molecule has 67 heavy (non-hydrogen) atoms. The van der Waals surface area contributed by atoms with Gasteiger partial charge in [0.05, 0.1) is 37.3 Å². The minimum Gasteiger partial charge on any atom is -0.455 e. The number of anilines is 3. The molecule has 11 aromatic carbocycles. The Morgan fingerprint density at radius 3 is 1.48 bits per heavy atom. The fourth-order valence-corrected chi connectivity index (χ4v) is 9.28. The molecule has 13 rings (SSSR count). The number of aromatic nitrogens is 1. The van der Waals surface area contributed by atoms with Gasteiger partial charge in [0, 0.05) is 55.3 Å². The molecular formula is C64H42N2O. The van der Waals surface area contributed by atoms with Crippen molar-refractivity contribution in [1.82, 2.24) is 4.57 Å². The van der Waals surface area contributed by atoms with Crippen molar-refractivity contribution >= 4 is 71.6 Å². The molecule has 0 N–H and O–H groups in total. The number of rotatable bonds is 8. The van der Waals surface area contributed by atoms with E-state index in [0.29, 0.717) is 11.4 Å². The minimum absolute atomic E-state index is 0.166. The lowest BCUT2D eigenvalue weighted by Crippen LogP contribution is -2.09. The van der Waals surface area contributed by atoms with E-state index in [0.717, 1.165) is 60.5 Å². The van der Waals surface area contributed by atoms with Gasteiger partial charge in [-0.05, 0) is 93.1 Å². The van der Waals surface area contributed by atoms with Gasteiger partial charge in [0.25, 0.3) is 0 Å². The first-order valence-electron chi connectivity index (χ1n) is 29.2. The molecule has 0 bridgehead atoms. The molecule has 0 spiro atoms. The van der Waals surface area contributed by atoms with E-state index < -0.39 is 124 Å². The topological polar surface area (TPSA) is 21.3 Å². The summed E-state index contributed by atoms with van der Waals surface area (Å²) in [6.07, 6.45) is 0. The molecule has 0 saturated heterocycles. The Morgan fingerprint density at radius 1 is 0.328 bits per heavy atom. The molecule has 0 aliphatic heterocycles. The number of hydrogen-bond donors (Lipinski definition) is 0. The van der Waals surface area contributed by atoms with Crippen molar-refractivity contribution in [3.63, 3.8) is 0 Å². The van der Waals surface area contributed by atoms with Crippen molar-refractivity contribution in [2.45, 2.75) is 0 Å². The zero-order valence-corrected chi connectivity index (χ0v) is 35.4. The van der Waals surface area contributed by atoms with Gasteiger partial charge in [-0.3, -0.25) is 0 Å². The first-order valence-corrected chi connectivity index (χ1v) is 21.7. The van der Waals surface area contributed by atoms with Gasteiger partial charge in [-0.25, -0.2) is 0 Å². The highest BCUT2D eigenvalue weighted by atomic mass is 16.3. The highest BCUT2D eigenvalue weighted by molar-refractivity contribution is 6.13. The maximum absolute atomic E-state index is 9.88. The molecule has 0 radical (unpaired) electrons. The Hall–Kier alpha value is -8.92. The Kier molecular flexibility index (Phi) is 6.22. The van der Waals surface area contributed by atoms with E-state index in [1.165, 1.54) is 0 Å². The quantitative estimate of drug-likeness (QED) is 0.152. The van der Waals surface area contributed by atoms with Crippen molar-refractivity contribution < 1.29 is 25.0 Å². The van der Waals surface area contributed by atoms with Crippen molar-refractivity contribution in [3.05, 3.63) is 254 Å². The Bertz CT molecular complexity index is 4760. The molecule has 314 valence electrons. The molecule has 3 nitrogen and oxygen atoms in total. The van der Waals surface area contributed by atoms with Crippen LogP contribution in [-0.4, -0.2) is 4.57 Å². The van der Waals surface area contributed by atoms with Crippen LogP contribution >= 0.6 is 0 Å². The molecule has 2 heterocycles. The standard InChI is InChI=1S/C64H42N2O/c1-2-15-44(16-3-1)54-24-13-26-58-59-27-14-25-55(64(59)67-63(54)58)47-35-41-50(42-36-47)65(48-37-31-45(32-38-48)52-23-12-18-43-17-4-5-19-51(43)52)49-39-33-46(34-40-49)53-20-6-9-28-60(53)66-61-29-10-7-21-56(61)57-22-8-11-30-62(57)66/h1-42H/i1D,2D,3D,13D,14D,15D,16D,24D,25D,26D,27D,35D,36D,41D,42D. The molecule has 0 amide bonds. The maximum atomic E-state index is 9.88. The van der Waals surface area contributed by atoms with Crippen LogP contribution in [0.25, 0.3) is 105 Å². The predicted octanol–water partition coefficient (Wildman–Crippen LogP) is 18.0. The van der Waals surface area contributed by atoms with Gasteiger partial charge in [-0.2, -0.15) is 0 Å². The summed E-state index contributed by atoms with van der Waals surface area (Å²) in [5.41, 5.74) is 4.54. The van der Waals surface area contributed by atoms with E-state index in [1.807, 2.05) is 133 Å². The van der Waals surface area contributed by atoms with Gasteiger partial charge in [0.15, 0.2) is 0 Å². The number of benzene rings is 11. The van der Waals surface area contributed by atoms with Crippen LogP contribution in [0.5, 0.6) is 0 Å². The fourth-order valence-electron chi connectivity index (χ4n) is 9.28. The van der Waals surface area contributed by atoms with Crippen molar-refractivity contribution in [3.8, 4) is 50.2 Å². The van der Waals surface area contributed by atoms with E-state index in [2.05, 4.69) is 34.9 Å². The van der Waals surface area contributed by atoms with Crippen molar-refractivity contribution in [2.75, 3.05) is 4.90 Å². The van der Waals surface area contributed by atoms with E-state index in [1.54, 1.807) is 4.90 Å². The van der Waals surface area contributed by atoms with Gasteiger partial charge < -0.3 is 13.9 Å². The highest BCUT2D eigenvalue weighted by Gasteiger charge is 2.19. The highest BCUT2D eigenvalue weighted by Crippen LogP contribution is 2.43. The Labute approximate surface area is 409 Å². The summed E-state index contributed by atoms with van der Waals surface area (Å²) in [6, 6.07) is 43.4. The molecular weight excluding hydrogens is 813 g/mol. The predicted molar refractivity (Wildman–Crippen MR) is 282 cm³/mol. The molecule has 0 aliphatic carbocycles. The van der Waals surface area contributed by atoms with Crippen LogP contribution in [0.3, 0.4) is 0 Å². The second-order valence-corrected chi connectivity index (χ2v) is 16.1. The lowest BCUT2D eigenvalue weighted by atomic mass is 9.98. The third kappa shape index (κ3) is 6.51. The third-order valence-corrected chi connectivity index (χ3v) is 12.3. The Morgan fingerprint density at radius 2 is 0.836 bits per heavy atom. The lowest BCUT2D eigenvalue weighted by molar-refractivity contribution is 0.671. The number of para-hydroxylation sites is 5. The monoisotopic (exact) mass is 869 g/mol. The summed E-state index contributed by atoms with van der Waals surface area (Å²) >= 11 is 0. The van der Waals surface area contributed by atoms with E-state index in [4.69, 9.17) is 18.1 Å². The van der Waals surface area contributed by atoms with Gasteiger partial charge in [0.2, 0.25) is 0 Å². The second-order valence-electron chi connectivity index (χ2n) is 16.1. The van der Waals surface area contributed by atoms with E-state index in [9.17, 15) is 6.85 Å². The van der Waals surface area contributed by atoms with Gasteiger partial charge >= 0.3 is 0 Å². The average Bonchev–Trinajstić information content (AvgIpc) is 3.67. The minimum atomic E-state index is -0.751. The third-order valence-electron chi connectivity index (χ3n) is 12.3. The number of fused-ring (bicyclic) bond motifs is 7. The Balaban J connectivity index is 1.02. The number of furan rings is 1. The molecule has 0 saturated carbocycles. The molecule has 2 aromatic heterocycles. The fraction of sp³-hybridized carbons (Fsp3) is 0. The van der Waals surface area contributed by atoms with E-state index in [-0.39, 0.29) is 16.5 Å². The SMILES string of the molecule is [2H]c1c([2H])c([2H])c(-c2c([2H])c([2H])c([2H])c3c2oc2c(-c4c([2H])c([2H])c(N(c5ccc(-c6ccccc6-n6c7ccccc7c7ccccc76)cc5)c5ccc(-c6cccc7ccccc67)cc5)c([2H])c4[2H])c([2H])c([2H])c([2H])c23)c([2H])c1[2H]. The zero-order valence-electron chi connectivity index (χ0n) is 50.4. The maximum Gasteiger partial charge on any atom is 0.143 e. The van der Waals surface area contributed by atoms with Crippen LogP contribution in [0.15, 0.2) is 259 Å². The molecule has 0 unspecified atom stereocenters. The number of nitrogens with zero attached hydrogens (tertiary/aromatic N) is 2. The molecule has 0 atom stereocenters.